The molecule has 0 bridgehead atoms. The second-order valence-electron chi connectivity index (χ2n) is 8.66. The van der Waals surface area contributed by atoms with E-state index in [-0.39, 0.29) is 24.1 Å². The molecule has 2 heterocycles. The average Bonchev–Trinajstić information content (AvgIpc) is 3.39. The van der Waals surface area contributed by atoms with E-state index in [4.69, 9.17) is 0 Å². The first-order chi connectivity index (χ1) is 14.8. The van der Waals surface area contributed by atoms with E-state index in [1.54, 1.807) is 11.0 Å². The molecule has 1 N–H and O–H groups in total. The topological polar surface area (TPSA) is 69.7 Å². The van der Waals surface area contributed by atoms with Crippen molar-refractivity contribution in [3.8, 4) is 0 Å². The number of carbonyl (C=O) groups is 3. The van der Waals surface area contributed by atoms with Crippen LogP contribution < -0.4 is 10.2 Å². The highest BCUT2D eigenvalue weighted by Crippen LogP contribution is 2.30. The Kier molecular flexibility index (Phi) is 5.81. The van der Waals surface area contributed by atoms with Gasteiger partial charge in [0, 0.05) is 43.0 Å². The third-order valence-corrected chi connectivity index (χ3v) is 6.35. The number of likely N-dealkylation sites (tertiary alicyclic amines) is 1. The molecule has 2 saturated heterocycles. The molecular weight excluding hydrogens is 390 g/mol. The molecule has 4 rings (SSSR count). The van der Waals surface area contributed by atoms with Crippen LogP contribution in [0.3, 0.4) is 0 Å². The zero-order chi connectivity index (χ0) is 22.1. The molecule has 2 aromatic rings. The zero-order valence-electron chi connectivity index (χ0n) is 18.4. The molecule has 1 unspecified atom stereocenters. The Bertz CT molecular complexity index is 1040. The van der Waals surface area contributed by atoms with Crippen molar-refractivity contribution in [2.24, 2.45) is 5.92 Å². The van der Waals surface area contributed by atoms with Gasteiger partial charge in [0.05, 0.1) is 5.92 Å². The predicted molar refractivity (Wildman–Crippen MR) is 121 cm³/mol. The van der Waals surface area contributed by atoms with Crippen molar-refractivity contribution in [1.29, 1.82) is 0 Å². The number of carbonyl (C=O) groups excluding carboxylic acids is 3. The third-order valence-electron chi connectivity index (χ3n) is 6.35. The van der Waals surface area contributed by atoms with Gasteiger partial charge in [-0.25, -0.2) is 0 Å². The number of rotatable bonds is 4. The lowest BCUT2D eigenvalue weighted by Gasteiger charge is -2.20. The van der Waals surface area contributed by atoms with Gasteiger partial charge in [-0.2, -0.15) is 0 Å². The van der Waals surface area contributed by atoms with Gasteiger partial charge in [-0.3, -0.25) is 14.4 Å². The molecule has 6 heteroatoms. The van der Waals surface area contributed by atoms with Crippen molar-refractivity contribution in [2.75, 3.05) is 29.9 Å². The molecule has 162 valence electrons. The van der Waals surface area contributed by atoms with Gasteiger partial charge in [0.2, 0.25) is 11.8 Å². The maximum atomic E-state index is 13.0. The van der Waals surface area contributed by atoms with Crippen LogP contribution in [0.25, 0.3) is 0 Å². The van der Waals surface area contributed by atoms with Gasteiger partial charge in [-0.05, 0) is 62.9 Å². The quantitative estimate of drug-likeness (QED) is 0.819. The number of anilines is 2. The first kappa shape index (κ1) is 21.1. The molecular formula is C25H29N3O3. The van der Waals surface area contributed by atoms with Crippen LogP contribution in [0.1, 0.15) is 46.3 Å². The maximum absolute atomic E-state index is 13.0. The summed E-state index contributed by atoms with van der Waals surface area (Å²) in [5.41, 5.74) is 5.05. The van der Waals surface area contributed by atoms with Crippen LogP contribution in [0.2, 0.25) is 0 Å². The lowest BCUT2D eigenvalue weighted by Crippen LogP contribution is -2.30. The first-order valence-corrected chi connectivity index (χ1v) is 10.9. The number of aryl methyl sites for hydroxylation is 2. The summed E-state index contributed by atoms with van der Waals surface area (Å²) < 4.78 is 0. The number of hydrogen-bond acceptors (Lipinski definition) is 3. The number of benzene rings is 2. The fourth-order valence-corrected chi connectivity index (χ4v) is 4.55. The van der Waals surface area contributed by atoms with E-state index in [0.29, 0.717) is 17.8 Å². The molecule has 0 saturated carbocycles. The Morgan fingerprint density at radius 1 is 1.03 bits per heavy atom. The van der Waals surface area contributed by atoms with Crippen LogP contribution in [-0.4, -0.2) is 42.3 Å². The van der Waals surface area contributed by atoms with Crippen molar-refractivity contribution in [1.82, 2.24) is 4.90 Å². The number of nitrogens with zero attached hydrogens (tertiary/aromatic N) is 2. The zero-order valence-corrected chi connectivity index (χ0v) is 18.4. The molecule has 31 heavy (non-hydrogen) atoms. The summed E-state index contributed by atoms with van der Waals surface area (Å²) in [6.07, 6.45) is 2.26. The lowest BCUT2D eigenvalue weighted by atomic mass is 10.0. The van der Waals surface area contributed by atoms with E-state index in [1.165, 1.54) is 0 Å². The van der Waals surface area contributed by atoms with Crippen LogP contribution in [0.5, 0.6) is 0 Å². The predicted octanol–water partition coefficient (Wildman–Crippen LogP) is 3.84. The fourth-order valence-electron chi connectivity index (χ4n) is 4.55. The molecule has 0 spiro atoms. The van der Waals surface area contributed by atoms with E-state index in [2.05, 4.69) is 5.32 Å². The van der Waals surface area contributed by atoms with Gasteiger partial charge in [-0.15, -0.1) is 0 Å². The van der Waals surface area contributed by atoms with E-state index in [9.17, 15) is 14.4 Å². The highest BCUT2D eigenvalue weighted by molar-refractivity contribution is 6.05. The number of amides is 3. The van der Waals surface area contributed by atoms with Crippen LogP contribution in [0.15, 0.2) is 36.4 Å². The standard InChI is InChI=1S/C25H29N3O3/c1-16-9-10-22(17(2)13-16)28-15-19(14-23(28)29)24(30)26-21-8-6-7-20(18(21)3)25(31)27-11-4-5-12-27/h6-10,13,19H,4-5,11-12,14-15H2,1-3H3,(H,26,30). The summed E-state index contributed by atoms with van der Waals surface area (Å²) in [7, 11) is 0. The summed E-state index contributed by atoms with van der Waals surface area (Å²) in [6, 6.07) is 11.4. The summed E-state index contributed by atoms with van der Waals surface area (Å²) in [6.45, 7) is 7.79. The minimum absolute atomic E-state index is 0.0168. The van der Waals surface area contributed by atoms with E-state index >= 15 is 0 Å². The smallest absolute Gasteiger partial charge is 0.254 e. The molecule has 2 aliphatic rings. The number of nitrogens with one attached hydrogen (secondary N) is 1. The Morgan fingerprint density at radius 2 is 1.77 bits per heavy atom. The summed E-state index contributed by atoms with van der Waals surface area (Å²) in [5.74, 6) is -0.634. The Morgan fingerprint density at radius 3 is 2.48 bits per heavy atom. The Hall–Kier alpha value is -3.15. The Labute approximate surface area is 183 Å². The molecule has 2 fully saturated rings. The molecule has 0 radical (unpaired) electrons. The lowest BCUT2D eigenvalue weighted by molar-refractivity contribution is -0.122. The normalized spacial score (nSPS) is 18.5. The first-order valence-electron chi connectivity index (χ1n) is 10.9. The molecule has 0 aliphatic carbocycles. The SMILES string of the molecule is Cc1ccc(N2CC(C(=O)Nc3cccc(C(=O)N4CCCC4)c3C)CC2=O)c(C)c1. The monoisotopic (exact) mass is 419 g/mol. The van der Waals surface area contributed by atoms with E-state index in [1.807, 2.05) is 56.0 Å². The fraction of sp³-hybridized carbons (Fsp3) is 0.400. The molecule has 0 aromatic heterocycles. The van der Waals surface area contributed by atoms with Crippen molar-refractivity contribution in [3.63, 3.8) is 0 Å². The summed E-state index contributed by atoms with van der Waals surface area (Å²) >= 11 is 0. The van der Waals surface area contributed by atoms with Gasteiger partial charge in [0.15, 0.2) is 0 Å². The largest absolute Gasteiger partial charge is 0.339 e. The van der Waals surface area contributed by atoms with Crippen LogP contribution in [0.4, 0.5) is 11.4 Å². The van der Waals surface area contributed by atoms with Gasteiger partial charge >= 0.3 is 0 Å². The minimum Gasteiger partial charge on any atom is -0.339 e. The van der Waals surface area contributed by atoms with Crippen molar-refractivity contribution in [3.05, 3.63) is 58.7 Å². The van der Waals surface area contributed by atoms with Gasteiger partial charge in [0.25, 0.3) is 5.91 Å². The summed E-state index contributed by atoms with van der Waals surface area (Å²) in [5, 5.41) is 2.97. The Balaban J connectivity index is 1.48. The third kappa shape index (κ3) is 4.20. The van der Waals surface area contributed by atoms with Crippen molar-refractivity contribution >= 4 is 29.1 Å². The van der Waals surface area contributed by atoms with Crippen LogP contribution in [0, 0.1) is 26.7 Å². The highest BCUT2D eigenvalue weighted by atomic mass is 16.2. The van der Waals surface area contributed by atoms with Crippen molar-refractivity contribution in [2.45, 2.75) is 40.0 Å². The van der Waals surface area contributed by atoms with Gasteiger partial charge < -0.3 is 15.1 Å². The molecule has 3 amide bonds. The van der Waals surface area contributed by atoms with E-state index < -0.39 is 5.92 Å². The van der Waals surface area contributed by atoms with Crippen LogP contribution in [-0.2, 0) is 9.59 Å². The molecule has 6 nitrogen and oxygen atoms in total. The summed E-state index contributed by atoms with van der Waals surface area (Å²) in [4.78, 5) is 42.0. The second-order valence-corrected chi connectivity index (χ2v) is 8.66. The minimum atomic E-state index is -0.425. The maximum Gasteiger partial charge on any atom is 0.254 e. The van der Waals surface area contributed by atoms with Gasteiger partial charge in [-0.1, -0.05) is 23.8 Å². The van der Waals surface area contributed by atoms with Crippen LogP contribution >= 0.6 is 0 Å². The van der Waals surface area contributed by atoms with Gasteiger partial charge in [0.1, 0.15) is 0 Å². The highest BCUT2D eigenvalue weighted by Gasteiger charge is 2.36. The molecule has 1 atom stereocenters. The average molecular weight is 420 g/mol. The molecule has 2 aliphatic heterocycles. The van der Waals surface area contributed by atoms with Crippen molar-refractivity contribution < 1.29 is 14.4 Å². The number of hydrogen-bond donors (Lipinski definition) is 1. The molecule has 2 aromatic carbocycles. The second kappa shape index (κ2) is 8.53. The van der Waals surface area contributed by atoms with E-state index in [0.717, 1.165) is 48.3 Å².